The maximum atomic E-state index is 13.7. The van der Waals surface area contributed by atoms with Crippen LogP contribution in [0.25, 0.3) is 0 Å². The van der Waals surface area contributed by atoms with Gasteiger partial charge in [-0.2, -0.15) is 0 Å². The average molecular weight is 279 g/mol. The van der Waals surface area contributed by atoms with Gasteiger partial charge >= 0.3 is 0 Å². The molecule has 0 aromatic heterocycles. The summed E-state index contributed by atoms with van der Waals surface area (Å²) < 4.78 is 39.6. The van der Waals surface area contributed by atoms with Crippen LogP contribution in [0.1, 0.15) is 5.56 Å². The van der Waals surface area contributed by atoms with Crippen LogP contribution in [0.3, 0.4) is 0 Å². The molecule has 0 aliphatic heterocycles. The van der Waals surface area contributed by atoms with Gasteiger partial charge in [-0.1, -0.05) is 30.3 Å². The van der Waals surface area contributed by atoms with Gasteiger partial charge in [-0.3, -0.25) is 4.31 Å². The molecule has 0 spiro atoms. The Bertz CT molecular complexity index is 698. The van der Waals surface area contributed by atoms with E-state index in [2.05, 4.69) is 0 Å². The molecule has 0 N–H and O–H groups in total. The SMILES string of the molecule is Cc1ccccc1S(=O)(=O)N(C)c1ccccc1F. The first-order valence-corrected chi connectivity index (χ1v) is 7.17. The minimum Gasteiger partial charge on any atom is -0.266 e. The zero-order valence-electron chi connectivity index (χ0n) is 10.7. The Hall–Kier alpha value is -1.88. The second-order valence-corrected chi connectivity index (χ2v) is 6.13. The quantitative estimate of drug-likeness (QED) is 0.866. The summed E-state index contributed by atoms with van der Waals surface area (Å²) in [4.78, 5) is 0.181. The molecular weight excluding hydrogens is 265 g/mol. The summed E-state index contributed by atoms with van der Waals surface area (Å²) in [6, 6.07) is 12.4. The van der Waals surface area contributed by atoms with Crippen LogP contribution in [-0.4, -0.2) is 15.5 Å². The maximum Gasteiger partial charge on any atom is 0.264 e. The first-order chi connectivity index (χ1) is 8.94. The van der Waals surface area contributed by atoms with Crippen molar-refractivity contribution in [3.05, 3.63) is 59.9 Å². The highest BCUT2D eigenvalue weighted by atomic mass is 32.2. The van der Waals surface area contributed by atoms with Crippen molar-refractivity contribution in [1.82, 2.24) is 0 Å². The van der Waals surface area contributed by atoms with E-state index in [1.165, 1.54) is 31.3 Å². The Kier molecular flexibility index (Phi) is 3.57. The summed E-state index contributed by atoms with van der Waals surface area (Å²) in [5, 5.41) is 0. The summed E-state index contributed by atoms with van der Waals surface area (Å²) >= 11 is 0. The van der Waals surface area contributed by atoms with Crippen molar-refractivity contribution < 1.29 is 12.8 Å². The molecule has 0 unspecified atom stereocenters. The second kappa shape index (κ2) is 5.01. The molecule has 2 aromatic carbocycles. The molecule has 3 nitrogen and oxygen atoms in total. The van der Waals surface area contributed by atoms with Crippen LogP contribution in [-0.2, 0) is 10.0 Å². The summed E-state index contributed by atoms with van der Waals surface area (Å²) in [5.41, 5.74) is 0.663. The largest absolute Gasteiger partial charge is 0.266 e. The summed E-state index contributed by atoms with van der Waals surface area (Å²) in [6.45, 7) is 1.71. The van der Waals surface area contributed by atoms with E-state index >= 15 is 0 Å². The van der Waals surface area contributed by atoms with E-state index in [1.807, 2.05) is 0 Å². The van der Waals surface area contributed by atoms with E-state index in [-0.39, 0.29) is 10.6 Å². The van der Waals surface area contributed by atoms with Gasteiger partial charge in [-0.25, -0.2) is 12.8 Å². The van der Waals surface area contributed by atoms with E-state index in [4.69, 9.17) is 0 Å². The number of halogens is 1. The number of aryl methyl sites for hydroxylation is 1. The molecule has 5 heteroatoms. The lowest BCUT2D eigenvalue weighted by atomic mass is 10.2. The minimum atomic E-state index is -3.75. The normalized spacial score (nSPS) is 11.3. The van der Waals surface area contributed by atoms with E-state index < -0.39 is 15.8 Å². The Balaban J connectivity index is 2.52. The van der Waals surface area contributed by atoms with Crippen molar-refractivity contribution in [2.24, 2.45) is 0 Å². The molecular formula is C14H14FNO2S. The van der Waals surface area contributed by atoms with Crippen LogP contribution in [0.15, 0.2) is 53.4 Å². The number of sulfonamides is 1. The third kappa shape index (κ3) is 2.46. The summed E-state index contributed by atoms with van der Waals surface area (Å²) in [7, 11) is -2.40. The summed E-state index contributed by atoms with van der Waals surface area (Å²) in [5.74, 6) is -0.567. The monoisotopic (exact) mass is 279 g/mol. The maximum absolute atomic E-state index is 13.7. The average Bonchev–Trinajstić information content (AvgIpc) is 2.39. The standard InChI is InChI=1S/C14H14FNO2S/c1-11-7-3-6-10-14(11)19(17,18)16(2)13-9-5-4-8-12(13)15/h3-10H,1-2H3. The van der Waals surface area contributed by atoms with Crippen LogP contribution in [0.4, 0.5) is 10.1 Å². The molecule has 0 amide bonds. The van der Waals surface area contributed by atoms with Gasteiger partial charge < -0.3 is 0 Å². The molecule has 2 aromatic rings. The van der Waals surface area contributed by atoms with Crippen LogP contribution in [0, 0.1) is 12.7 Å². The predicted octanol–water partition coefficient (Wildman–Crippen LogP) is 2.96. The molecule has 0 saturated heterocycles. The molecule has 0 aliphatic carbocycles. The van der Waals surface area contributed by atoms with Gasteiger partial charge in [-0.15, -0.1) is 0 Å². The topological polar surface area (TPSA) is 37.4 Å². The molecule has 0 aliphatic rings. The van der Waals surface area contributed by atoms with E-state index in [1.54, 1.807) is 31.2 Å². The molecule has 0 heterocycles. The van der Waals surface area contributed by atoms with Crippen molar-refractivity contribution in [3.63, 3.8) is 0 Å². The first-order valence-electron chi connectivity index (χ1n) is 5.73. The van der Waals surface area contributed by atoms with Crippen LogP contribution >= 0.6 is 0 Å². The molecule has 0 fully saturated rings. The first kappa shape index (κ1) is 13.5. The Morgan fingerprint density at radius 3 is 2.21 bits per heavy atom. The number of rotatable bonds is 3. The lowest BCUT2D eigenvalue weighted by Gasteiger charge is -2.21. The van der Waals surface area contributed by atoms with E-state index in [0.717, 1.165) is 4.31 Å². The molecule has 0 radical (unpaired) electrons. The molecule has 100 valence electrons. The van der Waals surface area contributed by atoms with Crippen molar-refractivity contribution >= 4 is 15.7 Å². The third-order valence-corrected chi connectivity index (χ3v) is 4.86. The number of benzene rings is 2. The fourth-order valence-corrected chi connectivity index (χ4v) is 3.26. The van der Waals surface area contributed by atoms with Gasteiger partial charge in [0.1, 0.15) is 5.82 Å². The predicted molar refractivity (Wildman–Crippen MR) is 73.2 cm³/mol. The number of para-hydroxylation sites is 1. The number of anilines is 1. The van der Waals surface area contributed by atoms with Crippen molar-refractivity contribution in [1.29, 1.82) is 0 Å². The molecule has 2 rings (SSSR count). The lowest BCUT2D eigenvalue weighted by Crippen LogP contribution is -2.27. The Morgan fingerprint density at radius 1 is 1.00 bits per heavy atom. The number of hydrogen-bond acceptors (Lipinski definition) is 2. The molecule has 0 atom stereocenters. The minimum absolute atomic E-state index is 0.0331. The highest BCUT2D eigenvalue weighted by molar-refractivity contribution is 7.92. The van der Waals surface area contributed by atoms with Crippen LogP contribution < -0.4 is 4.31 Å². The molecule has 0 saturated carbocycles. The molecule has 19 heavy (non-hydrogen) atoms. The van der Waals surface area contributed by atoms with Crippen molar-refractivity contribution in [2.75, 3.05) is 11.4 Å². The van der Waals surface area contributed by atoms with Crippen LogP contribution in [0.5, 0.6) is 0 Å². The Labute approximate surface area is 112 Å². The van der Waals surface area contributed by atoms with Crippen molar-refractivity contribution in [2.45, 2.75) is 11.8 Å². The zero-order chi connectivity index (χ0) is 14.0. The smallest absolute Gasteiger partial charge is 0.264 e. The van der Waals surface area contributed by atoms with Gasteiger partial charge in [0, 0.05) is 7.05 Å². The third-order valence-electron chi connectivity index (χ3n) is 2.92. The van der Waals surface area contributed by atoms with Gasteiger partial charge in [0.05, 0.1) is 10.6 Å². The lowest BCUT2D eigenvalue weighted by molar-refractivity contribution is 0.589. The number of hydrogen-bond donors (Lipinski definition) is 0. The zero-order valence-corrected chi connectivity index (χ0v) is 11.5. The van der Waals surface area contributed by atoms with Gasteiger partial charge in [0.2, 0.25) is 0 Å². The van der Waals surface area contributed by atoms with Gasteiger partial charge in [0.15, 0.2) is 0 Å². The van der Waals surface area contributed by atoms with Crippen LogP contribution in [0.2, 0.25) is 0 Å². The molecule has 0 bridgehead atoms. The highest BCUT2D eigenvalue weighted by Gasteiger charge is 2.24. The fourth-order valence-electron chi connectivity index (χ4n) is 1.83. The highest BCUT2D eigenvalue weighted by Crippen LogP contribution is 2.25. The second-order valence-electron chi connectivity index (χ2n) is 4.19. The summed E-state index contributed by atoms with van der Waals surface area (Å²) in [6.07, 6.45) is 0. The van der Waals surface area contributed by atoms with Gasteiger partial charge in [0.25, 0.3) is 10.0 Å². The number of nitrogens with zero attached hydrogens (tertiary/aromatic N) is 1. The van der Waals surface area contributed by atoms with E-state index in [9.17, 15) is 12.8 Å². The van der Waals surface area contributed by atoms with Crippen molar-refractivity contribution in [3.8, 4) is 0 Å². The fraction of sp³-hybridized carbons (Fsp3) is 0.143. The van der Waals surface area contributed by atoms with E-state index in [0.29, 0.717) is 5.56 Å². The van der Waals surface area contributed by atoms with Gasteiger partial charge in [-0.05, 0) is 30.7 Å². The Morgan fingerprint density at radius 2 is 1.58 bits per heavy atom.